The van der Waals surface area contributed by atoms with Gasteiger partial charge in [0.1, 0.15) is 17.5 Å². The number of amides is 3. The maximum atomic E-state index is 13.5. The summed E-state index contributed by atoms with van der Waals surface area (Å²) in [5, 5.41) is 8.73. The summed E-state index contributed by atoms with van der Waals surface area (Å²) in [5.41, 5.74) is -1.78. The SMILES string of the molecule is COc1cccc2[nH]c(C(=O)N[C@@H](CC(C)C)C(=O)N[C@@H](CC[C@@H]3CCCNC3=O)C(=O)COC(=O)C3(C(F)(F)F)CC3)cc12. The Morgan fingerprint density at radius 3 is 2.47 bits per heavy atom. The van der Waals surface area contributed by atoms with E-state index in [2.05, 4.69) is 20.9 Å². The Bertz CT molecular complexity index is 1430. The third kappa shape index (κ3) is 7.95. The summed E-state index contributed by atoms with van der Waals surface area (Å²) < 4.78 is 50.2. The number of esters is 1. The smallest absolute Gasteiger partial charge is 0.404 e. The molecule has 0 bridgehead atoms. The normalized spacial score (nSPS) is 18.9. The molecule has 3 atom stereocenters. The van der Waals surface area contributed by atoms with Gasteiger partial charge in [-0.2, -0.15) is 13.2 Å². The van der Waals surface area contributed by atoms with Gasteiger partial charge in [0.15, 0.2) is 17.8 Å². The topological polar surface area (TPSA) is 156 Å². The van der Waals surface area contributed by atoms with Gasteiger partial charge in [-0.1, -0.05) is 19.9 Å². The van der Waals surface area contributed by atoms with Crippen LogP contribution in [-0.4, -0.2) is 73.0 Å². The Labute approximate surface area is 258 Å². The molecule has 1 aromatic carbocycles. The van der Waals surface area contributed by atoms with E-state index in [0.717, 1.165) is 6.42 Å². The lowest BCUT2D eigenvalue weighted by molar-refractivity contribution is -0.207. The van der Waals surface area contributed by atoms with E-state index in [1.165, 1.54) is 7.11 Å². The number of alkyl halides is 3. The molecule has 45 heavy (non-hydrogen) atoms. The molecule has 2 aliphatic rings. The molecule has 1 aliphatic carbocycles. The second-order valence-electron chi connectivity index (χ2n) is 12.2. The van der Waals surface area contributed by atoms with Crippen molar-refractivity contribution in [1.29, 1.82) is 0 Å². The van der Waals surface area contributed by atoms with Crippen molar-refractivity contribution >= 4 is 40.4 Å². The standard InChI is InChI=1S/C31H39F3N4O7/c1-17(2)14-22(38-28(42)23-15-19-20(36-23)7-4-8-25(19)44-3)27(41)37-21(10-9-18-6-5-13-35-26(18)40)24(39)16-45-29(43)30(11-12-30)31(32,33)34/h4,7-8,15,17-18,21-22,36H,5-6,9-14,16H2,1-3H3,(H,35,40)(H,37,41)(H,38,42)/t18-,21-,22-/m0/s1. The third-order valence-corrected chi connectivity index (χ3v) is 8.35. The summed E-state index contributed by atoms with van der Waals surface area (Å²) in [7, 11) is 1.50. The van der Waals surface area contributed by atoms with Crippen molar-refractivity contribution in [1.82, 2.24) is 20.9 Å². The van der Waals surface area contributed by atoms with Gasteiger partial charge in [0.05, 0.1) is 13.2 Å². The van der Waals surface area contributed by atoms with Crippen LogP contribution in [0.3, 0.4) is 0 Å². The third-order valence-electron chi connectivity index (χ3n) is 8.35. The van der Waals surface area contributed by atoms with E-state index in [-0.39, 0.29) is 36.8 Å². The lowest BCUT2D eigenvalue weighted by Crippen LogP contribution is -2.53. The fourth-order valence-electron chi connectivity index (χ4n) is 5.54. The number of nitrogens with one attached hydrogen (secondary N) is 4. The van der Waals surface area contributed by atoms with Crippen molar-refractivity contribution in [3.05, 3.63) is 30.0 Å². The van der Waals surface area contributed by atoms with Crippen molar-refractivity contribution in [3.8, 4) is 5.75 Å². The number of hydrogen-bond donors (Lipinski definition) is 4. The highest BCUT2D eigenvalue weighted by Crippen LogP contribution is 2.58. The van der Waals surface area contributed by atoms with E-state index in [1.807, 2.05) is 13.8 Å². The van der Waals surface area contributed by atoms with Gasteiger partial charge in [0.25, 0.3) is 5.91 Å². The Kier molecular flexibility index (Phi) is 10.4. The number of aromatic nitrogens is 1. The highest BCUT2D eigenvalue weighted by atomic mass is 19.4. The average Bonchev–Trinajstić information content (AvgIpc) is 3.70. The van der Waals surface area contributed by atoms with Crippen LogP contribution in [0.1, 0.15) is 69.3 Å². The van der Waals surface area contributed by atoms with E-state index in [4.69, 9.17) is 9.47 Å². The molecule has 1 saturated carbocycles. The van der Waals surface area contributed by atoms with Crippen LogP contribution in [0.4, 0.5) is 13.2 Å². The molecule has 1 aromatic heterocycles. The minimum Gasteiger partial charge on any atom is -0.496 e. The van der Waals surface area contributed by atoms with Gasteiger partial charge in [0.2, 0.25) is 11.8 Å². The number of benzene rings is 1. The van der Waals surface area contributed by atoms with Crippen LogP contribution in [0.15, 0.2) is 24.3 Å². The van der Waals surface area contributed by atoms with E-state index in [0.29, 0.717) is 29.6 Å². The number of Topliss-reactive ketones (excluding diaryl/α,β-unsaturated/α-hetero) is 1. The molecule has 3 amide bonds. The number of fused-ring (bicyclic) bond motifs is 1. The lowest BCUT2D eigenvalue weighted by atomic mass is 9.91. The molecule has 4 rings (SSSR count). The van der Waals surface area contributed by atoms with Crippen LogP contribution in [0.2, 0.25) is 0 Å². The lowest BCUT2D eigenvalue weighted by Gasteiger charge is -2.26. The maximum Gasteiger partial charge on any atom is 0.404 e. The number of methoxy groups -OCH3 is 1. The average molecular weight is 637 g/mol. The number of halogens is 3. The number of ketones is 1. The van der Waals surface area contributed by atoms with Gasteiger partial charge < -0.3 is 30.4 Å². The number of carbonyl (C=O) groups is 5. The number of aromatic amines is 1. The summed E-state index contributed by atoms with van der Waals surface area (Å²) in [6.07, 6.45) is -3.92. The number of hydrogen-bond acceptors (Lipinski definition) is 7. The quantitative estimate of drug-likeness (QED) is 0.231. The van der Waals surface area contributed by atoms with Gasteiger partial charge >= 0.3 is 12.1 Å². The summed E-state index contributed by atoms with van der Waals surface area (Å²) in [6.45, 7) is 3.25. The first-order valence-corrected chi connectivity index (χ1v) is 15.1. The zero-order valence-corrected chi connectivity index (χ0v) is 25.5. The summed E-state index contributed by atoms with van der Waals surface area (Å²) >= 11 is 0. The van der Waals surface area contributed by atoms with Crippen molar-refractivity contribution in [2.24, 2.45) is 17.3 Å². The fourth-order valence-corrected chi connectivity index (χ4v) is 5.54. The first kappa shape index (κ1) is 33.8. The molecule has 11 nitrogen and oxygen atoms in total. The number of H-pyrrole nitrogens is 1. The van der Waals surface area contributed by atoms with Gasteiger partial charge in [-0.3, -0.25) is 24.0 Å². The van der Waals surface area contributed by atoms with Crippen LogP contribution >= 0.6 is 0 Å². The summed E-state index contributed by atoms with van der Waals surface area (Å²) in [4.78, 5) is 67.5. The molecule has 2 fully saturated rings. The zero-order valence-electron chi connectivity index (χ0n) is 25.5. The van der Waals surface area contributed by atoms with Crippen LogP contribution in [-0.2, 0) is 23.9 Å². The molecule has 4 N–H and O–H groups in total. The molecular formula is C31H39F3N4O7. The first-order valence-electron chi connectivity index (χ1n) is 15.1. The van der Waals surface area contributed by atoms with E-state index >= 15 is 0 Å². The zero-order chi connectivity index (χ0) is 32.9. The Morgan fingerprint density at radius 1 is 1.11 bits per heavy atom. The minimum absolute atomic E-state index is 0.0191. The second-order valence-corrected chi connectivity index (χ2v) is 12.2. The Hall–Kier alpha value is -4.10. The van der Waals surface area contributed by atoms with Crippen molar-refractivity contribution in [3.63, 3.8) is 0 Å². The number of rotatable bonds is 14. The van der Waals surface area contributed by atoms with E-state index < -0.39 is 72.6 Å². The van der Waals surface area contributed by atoms with Crippen molar-refractivity contribution < 1.29 is 46.6 Å². The largest absolute Gasteiger partial charge is 0.496 e. The Balaban J connectivity index is 1.48. The Morgan fingerprint density at radius 2 is 1.84 bits per heavy atom. The molecule has 2 aromatic rings. The molecular weight excluding hydrogens is 597 g/mol. The van der Waals surface area contributed by atoms with Crippen molar-refractivity contribution in [2.75, 3.05) is 20.3 Å². The molecule has 246 valence electrons. The first-order chi connectivity index (χ1) is 21.3. The highest BCUT2D eigenvalue weighted by molar-refractivity contribution is 6.02. The van der Waals surface area contributed by atoms with Crippen LogP contribution < -0.4 is 20.7 Å². The molecule has 0 unspecified atom stereocenters. The summed E-state index contributed by atoms with van der Waals surface area (Å²) in [6, 6.07) is 4.50. The minimum atomic E-state index is -4.80. The van der Waals surface area contributed by atoms with Gasteiger partial charge in [0, 0.05) is 23.4 Å². The highest BCUT2D eigenvalue weighted by Gasteiger charge is 2.69. The molecule has 1 aliphatic heterocycles. The van der Waals surface area contributed by atoms with Gasteiger partial charge in [-0.05, 0) is 69.1 Å². The fraction of sp³-hybridized carbons (Fsp3) is 0.581. The molecule has 14 heteroatoms. The molecule has 0 radical (unpaired) electrons. The predicted molar refractivity (Wildman–Crippen MR) is 156 cm³/mol. The van der Waals surface area contributed by atoms with Crippen LogP contribution in [0.25, 0.3) is 10.9 Å². The maximum absolute atomic E-state index is 13.5. The number of piperidine rings is 1. The van der Waals surface area contributed by atoms with Crippen LogP contribution in [0.5, 0.6) is 5.75 Å². The van der Waals surface area contributed by atoms with Crippen LogP contribution in [0, 0.1) is 17.3 Å². The number of carbonyl (C=O) groups excluding carboxylic acids is 5. The predicted octanol–water partition coefficient (Wildman–Crippen LogP) is 3.57. The van der Waals surface area contributed by atoms with E-state index in [9.17, 15) is 37.1 Å². The molecule has 2 heterocycles. The second kappa shape index (κ2) is 13.9. The molecule has 0 spiro atoms. The molecule has 1 saturated heterocycles. The number of ether oxygens (including phenoxy) is 2. The van der Waals surface area contributed by atoms with Gasteiger partial charge in [-0.15, -0.1) is 0 Å². The summed E-state index contributed by atoms with van der Waals surface area (Å²) in [5.74, 6) is -3.73. The van der Waals surface area contributed by atoms with E-state index in [1.54, 1.807) is 24.3 Å². The van der Waals surface area contributed by atoms with Crippen molar-refractivity contribution in [2.45, 2.75) is 77.1 Å². The monoisotopic (exact) mass is 636 g/mol. The van der Waals surface area contributed by atoms with Gasteiger partial charge in [-0.25, -0.2) is 0 Å².